The van der Waals surface area contributed by atoms with Crippen LogP contribution >= 0.6 is 0 Å². The van der Waals surface area contributed by atoms with Gasteiger partial charge >= 0.3 is 0 Å². The Hall–Kier alpha value is -1.98. The Morgan fingerprint density at radius 1 is 1.40 bits per heavy atom. The van der Waals surface area contributed by atoms with Crippen LogP contribution in [0.15, 0.2) is 21.9 Å². The maximum Gasteiger partial charge on any atom is 0.166 e. The summed E-state index contributed by atoms with van der Waals surface area (Å²) >= 11 is 0. The fourth-order valence-electron chi connectivity index (χ4n) is 1.35. The molecule has 0 saturated heterocycles. The van der Waals surface area contributed by atoms with Crippen molar-refractivity contribution in [1.29, 1.82) is 0 Å². The molecule has 0 saturated carbocycles. The number of anilines is 1. The summed E-state index contributed by atoms with van der Waals surface area (Å²) in [5.74, 6) is 0. The zero-order valence-corrected chi connectivity index (χ0v) is 8.39. The fraction of sp³-hybridized carbons (Fsp3) is 0.333. The van der Waals surface area contributed by atoms with Crippen LogP contribution in [0.2, 0.25) is 0 Å². The first kappa shape index (κ1) is 9.57. The molecule has 0 spiro atoms. The van der Waals surface area contributed by atoms with Gasteiger partial charge in [0.15, 0.2) is 11.0 Å². The smallest absolute Gasteiger partial charge is 0.166 e. The summed E-state index contributed by atoms with van der Waals surface area (Å²) in [6, 6.07) is 3.59. The average molecular weight is 208 g/mol. The topological polar surface area (TPSA) is 80.4 Å². The van der Waals surface area contributed by atoms with Crippen LogP contribution in [0.25, 0.3) is 11.0 Å². The first-order chi connectivity index (χ1) is 7.22. The number of rotatable bonds is 3. The molecule has 80 valence electrons. The second-order valence-corrected chi connectivity index (χ2v) is 3.48. The van der Waals surface area contributed by atoms with E-state index in [1.165, 1.54) is 0 Å². The van der Waals surface area contributed by atoms with Crippen molar-refractivity contribution in [3.8, 4) is 0 Å². The van der Waals surface area contributed by atoms with E-state index in [2.05, 4.69) is 25.4 Å². The molecule has 0 aliphatic carbocycles. The van der Waals surface area contributed by atoms with E-state index < -0.39 is 0 Å². The Bertz CT molecular complexity index is 497. The van der Waals surface area contributed by atoms with E-state index in [-0.39, 0.29) is 13.2 Å². The zero-order chi connectivity index (χ0) is 10.8. The Morgan fingerprint density at radius 2 is 2.13 bits per heavy atom. The number of hydrogen-bond acceptors (Lipinski definition) is 6. The lowest BCUT2D eigenvalue weighted by atomic mass is 10.2. The standard InChI is InChI=1S/C9H10N4O2.H2/c1-5(2)10-6-3-4-7(11-14)9-8(6)12-15-13-9;/h3-5,10H,1-2H3;1H. The zero-order valence-electron chi connectivity index (χ0n) is 8.39. The predicted octanol–water partition coefficient (Wildman–Crippen LogP) is 2.69. The molecule has 0 amide bonds. The number of hydrogen-bond donors (Lipinski definition) is 1. The van der Waals surface area contributed by atoms with Gasteiger partial charge in [0.2, 0.25) is 0 Å². The highest BCUT2D eigenvalue weighted by atomic mass is 16.6. The van der Waals surface area contributed by atoms with Crippen LogP contribution < -0.4 is 5.32 Å². The third-order valence-corrected chi connectivity index (χ3v) is 1.94. The van der Waals surface area contributed by atoms with E-state index in [4.69, 9.17) is 0 Å². The molecule has 0 aliphatic rings. The molecule has 1 heterocycles. The van der Waals surface area contributed by atoms with Crippen molar-refractivity contribution in [3.05, 3.63) is 17.0 Å². The van der Waals surface area contributed by atoms with E-state index >= 15 is 0 Å². The van der Waals surface area contributed by atoms with Gasteiger partial charge in [-0.2, -0.15) is 0 Å². The van der Waals surface area contributed by atoms with Crippen LogP contribution in [0.4, 0.5) is 11.4 Å². The second-order valence-electron chi connectivity index (χ2n) is 3.48. The molecule has 0 unspecified atom stereocenters. The highest BCUT2D eigenvalue weighted by Gasteiger charge is 2.12. The van der Waals surface area contributed by atoms with E-state index in [0.29, 0.717) is 11.0 Å². The van der Waals surface area contributed by atoms with Crippen LogP contribution in [-0.4, -0.2) is 16.4 Å². The molecule has 15 heavy (non-hydrogen) atoms. The molecular formula is C9H12N4O2. The Kier molecular flexibility index (Phi) is 2.32. The van der Waals surface area contributed by atoms with Gasteiger partial charge in [0.05, 0.1) is 5.69 Å². The monoisotopic (exact) mass is 208 g/mol. The molecule has 0 radical (unpaired) electrons. The van der Waals surface area contributed by atoms with Crippen molar-refractivity contribution in [1.82, 2.24) is 10.3 Å². The Labute approximate surface area is 87.1 Å². The molecule has 0 atom stereocenters. The van der Waals surface area contributed by atoms with Gasteiger partial charge in [-0.25, -0.2) is 4.63 Å². The maximum atomic E-state index is 10.5. The third-order valence-electron chi connectivity index (χ3n) is 1.94. The molecule has 1 aromatic carbocycles. The molecule has 2 aromatic rings. The summed E-state index contributed by atoms with van der Waals surface area (Å²) in [5.41, 5.74) is 1.94. The third kappa shape index (κ3) is 1.65. The molecular weight excluding hydrogens is 196 g/mol. The van der Waals surface area contributed by atoms with Crippen LogP contribution in [0.5, 0.6) is 0 Å². The van der Waals surface area contributed by atoms with Gasteiger partial charge in [0.1, 0.15) is 5.69 Å². The summed E-state index contributed by atoms with van der Waals surface area (Å²) in [6.45, 7) is 4.01. The second kappa shape index (κ2) is 3.64. The maximum absolute atomic E-state index is 10.5. The first-order valence-corrected chi connectivity index (χ1v) is 4.57. The largest absolute Gasteiger partial charge is 0.381 e. The Balaban J connectivity index is 0.00000128. The summed E-state index contributed by atoms with van der Waals surface area (Å²) < 4.78 is 4.59. The lowest BCUT2D eigenvalue weighted by molar-refractivity contribution is 0.315. The van der Waals surface area contributed by atoms with Gasteiger partial charge in [-0.1, -0.05) is 0 Å². The number of benzene rings is 1. The van der Waals surface area contributed by atoms with Crippen molar-refractivity contribution in [2.75, 3.05) is 5.32 Å². The number of fused-ring (bicyclic) bond motifs is 1. The van der Waals surface area contributed by atoms with Gasteiger partial charge in [-0.3, -0.25) is 0 Å². The molecule has 1 N–H and O–H groups in total. The number of aromatic nitrogens is 2. The minimum absolute atomic E-state index is 0. The van der Waals surface area contributed by atoms with Gasteiger partial charge in [0.25, 0.3) is 0 Å². The molecule has 2 rings (SSSR count). The van der Waals surface area contributed by atoms with Crippen LogP contribution in [-0.2, 0) is 0 Å². The van der Waals surface area contributed by atoms with Crippen LogP contribution in [0.3, 0.4) is 0 Å². The van der Waals surface area contributed by atoms with Crippen molar-refractivity contribution >= 4 is 22.4 Å². The molecule has 6 nitrogen and oxygen atoms in total. The predicted molar refractivity (Wildman–Crippen MR) is 58.1 cm³/mol. The summed E-state index contributed by atoms with van der Waals surface area (Å²) in [7, 11) is 0. The van der Waals surface area contributed by atoms with Crippen molar-refractivity contribution in [2.24, 2.45) is 5.18 Å². The van der Waals surface area contributed by atoms with Gasteiger partial charge in [0, 0.05) is 7.47 Å². The summed E-state index contributed by atoms with van der Waals surface area (Å²) in [4.78, 5) is 10.5. The number of nitrogens with zero attached hydrogens (tertiary/aromatic N) is 3. The quantitative estimate of drug-likeness (QED) is 0.784. The molecule has 0 aliphatic heterocycles. The average Bonchev–Trinajstić information content (AvgIpc) is 2.66. The number of nitrogens with one attached hydrogen (secondary N) is 1. The van der Waals surface area contributed by atoms with Gasteiger partial charge in [-0.05, 0) is 41.5 Å². The molecule has 1 aromatic heterocycles. The van der Waals surface area contributed by atoms with Crippen molar-refractivity contribution in [3.63, 3.8) is 0 Å². The number of nitroso groups, excluding NO2 is 1. The highest BCUT2D eigenvalue weighted by molar-refractivity contribution is 5.94. The summed E-state index contributed by atoms with van der Waals surface area (Å²) in [6.07, 6.45) is 0. The van der Waals surface area contributed by atoms with E-state index in [1.807, 2.05) is 13.8 Å². The lowest BCUT2D eigenvalue weighted by Crippen LogP contribution is -2.09. The van der Waals surface area contributed by atoms with Gasteiger partial charge < -0.3 is 5.32 Å². The SMILES string of the molecule is CC(C)Nc1ccc(N=O)c2nonc12.[HH]. The van der Waals surface area contributed by atoms with Crippen molar-refractivity contribution < 1.29 is 6.06 Å². The van der Waals surface area contributed by atoms with E-state index in [0.717, 1.165) is 5.69 Å². The van der Waals surface area contributed by atoms with Crippen LogP contribution in [0.1, 0.15) is 15.3 Å². The van der Waals surface area contributed by atoms with Crippen molar-refractivity contribution in [2.45, 2.75) is 19.9 Å². The molecule has 6 heteroatoms. The normalized spacial score (nSPS) is 10.9. The fourth-order valence-corrected chi connectivity index (χ4v) is 1.35. The summed E-state index contributed by atoms with van der Waals surface area (Å²) in [5, 5.41) is 13.4. The van der Waals surface area contributed by atoms with Crippen LogP contribution in [0, 0.1) is 4.91 Å². The minimum Gasteiger partial charge on any atom is -0.381 e. The van der Waals surface area contributed by atoms with E-state index in [1.54, 1.807) is 12.1 Å². The Morgan fingerprint density at radius 3 is 2.80 bits per heavy atom. The minimum atomic E-state index is 0. The lowest BCUT2D eigenvalue weighted by Gasteiger charge is -2.09. The van der Waals surface area contributed by atoms with Gasteiger partial charge in [-0.15, -0.1) is 4.91 Å². The molecule has 0 bridgehead atoms. The first-order valence-electron chi connectivity index (χ1n) is 4.57. The molecule has 0 fully saturated rings. The van der Waals surface area contributed by atoms with E-state index in [9.17, 15) is 4.91 Å². The highest BCUT2D eigenvalue weighted by Crippen LogP contribution is 2.29.